The normalized spacial score (nSPS) is 10.3. The number of hydrogen-bond donors (Lipinski definition) is 1. The molecule has 0 amide bonds. The Kier molecular flexibility index (Phi) is 4.01. The van der Waals surface area contributed by atoms with Gasteiger partial charge < -0.3 is 5.32 Å². The first-order valence-electron chi connectivity index (χ1n) is 3.67. The van der Waals surface area contributed by atoms with E-state index in [4.69, 9.17) is 11.6 Å². The Morgan fingerprint density at radius 2 is 2.36 bits per heavy atom. The van der Waals surface area contributed by atoms with E-state index in [1.54, 1.807) is 6.20 Å². The van der Waals surface area contributed by atoms with Crippen LogP contribution in [0.25, 0.3) is 0 Å². The minimum atomic E-state index is 0.666. The predicted molar refractivity (Wildman–Crippen MR) is 45.8 cm³/mol. The number of alkyl halides is 1. The molecule has 4 heteroatoms. The lowest BCUT2D eigenvalue weighted by Gasteiger charge is -2.01. The van der Waals surface area contributed by atoms with Gasteiger partial charge in [0.25, 0.3) is 0 Å². The lowest BCUT2D eigenvalue weighted by atomic mass is 10.6. The molecule has 0 saturated heterocycles. The fourth-order valence-electron chi connectivity index (χ4n) is 0.818. The van der Waals surface area contributed by atoms with Gasteiger partial charge in [-0.3, -0.25) is 4.68 Å². The summed E-state index contributed by atoms with van der Waals surface area (Å²) in [6.07, 6.45) is 3.73. The van der Waals surface area contributed by atoms with E-state index in [1.807, 2.05) is 16.9 Å². The van der Waals surface area contributed by atoms with Crippen LogP contribution >= 0.6 is 11.6 Å². The SMILES string of the molecule is ClCCNCCn1cccn1. The van der Waals surface area contributed by atoms with Crippen LogP contribution in [-0.4, -0.2) is 28.8 Å². The van der Waals surface area contributed by atoms with Gasteiger partial charge in [0.05, 0.1) is 6.54 Å². The van der Waals surface area contributed by atoms with Crippen LogP contribution in [0.4, 0.5) is 0 Å². The first-order chi connectivity index (χ1) is 5.43. The monoisotopic (exact) mass is 173 g/mol. The van der Waals surface area contributed by atoms with E-state index in [0.717, 1.165) is 19.6 Å². The van der Waals surface area contributed by atoms with Gasteiger partial charge in [0.15, 0.2) is 0 Å². The highest BCUT2D eigenvalue weighted by Crippen LogP contribution is 1.82. The van der Waals surface area contributed by atoms with Crippen LogP contribution in [0.5, 0.6) is 0 Å². The highest BCUT2D eigenvalue weighted by atomic mass is 35.5. The summed E-state index contributed by atoms with van der Waals surface area (Å²) >= 11 is 5.48. The fraction of sp³-hybridized carbons (Fsp3) is 0.571. The van der Waals surface area contributed by atoms with Crippen LogP contribution in [0.1, 0.15) is 0 Å². The highest BCUT2D eigenvalue weighted by Gasteiger charge is 1.88. The van der Waals surface area contributed by atoms with E-state index in [1.165, 1.54) is 0 Å². The third kappa shape index (κ3) is 3.39. The molecule has 1 heterocycles. The molecule has 0 radical (unpaired) electrons. The number of aromatic nitrogens is 2. The van der Waals surface area contributed by atoms with Crippen LogP contribution in [0.2, 0.25) is 0 Å². The molecule has 0 aliphatic carbocycles. The molecule has 0 saturated carbocycles. The summed E-state index contributed by atoms with van der Waals surface area (Å²) in [6.45, 7) is 2.70. The molecule has 1 rings (SSSR count). The first kappa shape index (κ1) is 8.56. The molecule has 0 aliphatic heterocycles. The molecule has 1 aromatic rings. The highest BCUT2D eigenvalue weighted by molar-refractivity contribution is 6.18. The standard InChI is InChI=1S/C7H12ClN3/c8-2-4-9-5-7-11-6-1-3-10-11/h1,3,6,9H,2,4-5,7H2. The molecule has 3 nitrogen and oxygen atoms in total. The van der Waals surface area contributed by atoms with Crippen LogP contribution in [0, 0.1) is 0 Å². The zero-order valence-corrected chi connectivity index (χ0v) is 7.09. The second-order valence-corrected chi connectivity index (χ2v) is 2.59. The third-order valence-electron chi connectivity index (χ3n) is 1.35. The van der Waals surface area contributed by atoms with Crippen molar-refractivity contribution in [3.63, 3.8) is 0 Å². The number of hydrogen-bond acceptors (Lipinski definition) is 2. The molecule has 0 spiro atoms. The minimum Gasteiger partial charge on any atom is -0.314 e. The Labute approximate surface area is 71.4 Å². The number of halogens is 1. The van der Waals surface area contributed by atoms with Gasteiger partial charge >= 0.3 is 0 Å². The summed E-state index contributed by atoms with van der Waals surface area (Å²) in [7, 11) is 0. The number of nitrogens with zero attached hydrogens (tertiary/aromatic N) is 2. The van der Waals surface area contributed by atoms with Gasteiger partial charge in [0.1, 0.15) is 0 Å². The molecule has 62 valence electrons. The van der Waals surface area contributed by atoms with E-state index in [-0.39, 0.29) is 0 Å². The number of rotatable bonds is 5. The smallest absolute Gasteiger partial charge is 0.0533 e. The van der Waals surface area contributed by atoms with Crippen molar-refractivity contribution < 1.29 is 0 Å². The third-order valence-corrected chi connectivity index (χ3v) is 1.54. The largest absolute Gasteiger partial charge is 0.314 e. The maximum Gasteiger partial charge on any atom is 0.0533 e. The zero-order valence-electron chi connectivity index (χ0n) is 6.33. The van der Waals surface area contributed by atoms with Crippen molar-refractivity contribution in [2.24, 2.45) is 0 Å². The molecule has 0 atom stereocenters. The Morgan fingerprint density at radius 1 is 1.45 bits per heavy atom. The molecule has 0 aromatic carbocycles. The van der Waals surface area contributed by atoms with Crippen molar-refractivity contribution in [2.45, 2.75) is 6.54 Å². The summed E-state index contributed by atoms with van der Waals surface area (Å²) in [5.74, 6) is 0.666. The molecule has 1 aromatic heterocycles. The summed E-state index contributed by atoms with van der Waals surface area (Å²) < 4.78 is 1.89. The zero-order chi connectivity index (χ0) is 7.94. The van der Waals surface area contributed by atoms with Gasteiger partial charge in [-0.05, 0) is 6.07 Å². The van der Waals surface area contributed by atoms with E-state index >= 15 is 0 Å². The van der Waals surface area contributed by atoms with Gasteiger partial charge in [0, 0.05) is 31.4 Å². The van der Waals surface area contributed by atoms with Crippen molar-refractivity contribution in [3.05, 3.63) is 18.5 Å². The maximum atomic E-state index is 5.48. The molecule has 0 aliphatic rings. The van der Waals surface area contributed by atoms with Gasteiger partial charge in [0.2, 0.25) is 0 Å². The van der Waals surface area contributed by atoms with E-state index in [0.29, 0.717) is 5.88 Å². The molecular weight excluding hydrogens is 162 g/mol. The average Bonchev–Trinajstić information content (AvgIpc) is 2.50. The van der Waals surface area contributed by atoms with Gasteiger partial charge in [-0.1, -0.05) is 0 Å². The molecule has 0 fully saturated rings. The lowest BCUT2D eigenvalue weighted by molar-refractivity contribution is 0.566. The van der Waals surface area contributed by atoms with Gasteiger partial charge in [-0.25, -0.2) is 0 Å². The van der Waals surface area contributed by atoms with Crippen LogP contribution in [-0.2, 0) is 6.54 Å². The predicted octanol–water partition coefficient (Wildman–Crippen LogP) is 0.712. The summed E-state index contributed by atoms with van der Waals surface area (Å²) in [4.78, 5) is 0. The Bertz CT molecular complexity index is 174. The topological polar surface area (TPSA) is 29.9 Å². The summed E-state index contributed by atoms with van der Waals surface area (Å²) in [6, 6.07) is 1.92. The Morgan fingerprint density at radius 3 is 3.00 bits per heavy atom. The van der Waals surface area contributed by atoms with Crippen molar-refractivity contribution >= 4 is 11.6 Å². The molecular formula is C7H12ClN3. The van der Waals surface area contributed by atoms with Crippen LogP contribution in [0.3, 0.4) is 0 Å². The Balaban J connectivity index is 2.04. The second-order valence-electron chi connectivity index (χ2n) is 2.21. The minimum absolute atomic E-state index is 0.666. The average molecular weight is 174 g/mol. The number of nitrogens with one attached hydrogen (secondary N) is 1. The van der Waals surface area contributed by atoms with Crippen LogP contribution < -0.4 is 5.32 Å². The van der Waals surface area contributed by atoms with Gasteiger partial charge in [-0.2, -0.15) is 5.10 Å². The molecule has 11 heavy (non-hydrogen) atoms. The summed E-state index contributed by atoms with van der Waals surface area (Å²) in [5, 5.41) is 7.24. The van der Waals surface area contributed by atoms with E-state index < -0.39 is 0 Å². The van der Waals surface area contributed by atoms with E-state index in [2.05, 4.69) is 10.4 Å². The fourth-order valence-corrected chi connectivity index (χ4v) is 0.952. The molecule has 0 unspecified atom stereocenters. The molecule has 0 bridgehead atoms. The van der Waals surface area contributed by atoms with Gasteiger partial charge in [-0.15, -0.1) is 11.6 Å². The van der Waals surface area contributed by atoms with Crippen molar-refractivity contribution in [1.29, 1.82) is 0 Å². The first-order valence-corrected chi connectivity index (χ1v) is 4.21. The van der Waals surface area contributed by atoms with Crippen molar-refractivity contribution in [2.75, 3.05) is 19.0 Å². The maximum absolute atomic E-state index is 5.48. The quantitative estimate of drug-likeness (QED) is 0.525. The van der Waals surface area contributed by atoms with Crippen molar-refractivity contribution in [3.8, 4) is 0 Å². The van der Waals surface area contributed by atoms with Crippen LogP contribution in [0.15, 0.2) is 18.5 Å². The summed E-state index contributed by atoms with van der Waals surface area (Å²) in [5.41, 5.74) is 0. The second kappa shape index (κ2) is 5.16. The molecule has 1 N–H and O–H groups in total. The lowest BCUT2D eigenvalue weighted by Crippen LogP contribution is -2.21. The van der Waals surface area contributed by atoms with E-state index in [9.17, 15) is 0 Å². The van der Waals surface area contributed by atoms with Crippen molar-refractivity contribution in [1.82, 2.24) is 15.1 Å². The Hall–Kier alpha value is -0.540.